The van der Waals surface area contributed by atoms with Crippen LogP contribution in [0.25, 0.3) is 0 Å². The van der Waals surface area contributed by atoms with E-state index >= 15 is 0 Å². The van der Waals surface area contributed by atoms with E-state index in [1.807, 2.05) is 0 Å². The maximum Gasteiger partial charge on any atom is 0.242 e. The SMILES string of the molecule is CC(C)(O)Cn1ccc(NC(=O)C(N)CC2CCCCO2)n1.Cl. The van der Waals surface area contributed by atoms with Gasteiger partial charge in [0.1, 0.15) is 0 Å². The summed E-state index contributed by atoms with van der Waals surface area (Å²) in [7, 11) is 0. The molecule has 2 rings (SSSR count). The molecule has 1 aromatic rings. The van der Waals surface area contributed by atoms with E-state index in [1.54, 1.807) is 30.8 Å². The number of nitrogens with two attached hydrogens (primary N) is 1. The van der Waals surface area contributed by atoms with Crippen molar-refractivity contribution in [1.29, 1.82) is 0 Å². The summed E-state index contributed by atoms with van der Waals surface area (Å²) in [6.07, 6.45) is 5.47. The molecule has 4 N–H and O–H groups in total. The maximum atomic E-state index is 12.1. The number of carbonyl (C=O) groups is 1. The molecule has 0 radical (unpaired) electrons. The van der Waals surface area contributed by atoms with Gasteiger partial charge in [0.15, 0.2) is 5.82 Å². The fourth-order valence-electron chi connectivity index (χ4n) is 2.52. The number of nitrogens with zero attached hydrogens (tertiary/aromatic N) is 2. The van der Waals surface area contributed by atoms with Gasteiger partial charge in [-0.3, -0.25) is 9.48 Å². The summed E-state index contributed by atoms with van der Waals surface area (Å²) in [5.41, 5.74) is 5.08. The predicted octanol–water partition coefficient (Wildman–Crippen LogP) is 1.30. The average Bonchev–Trinajstić information content (AvgIpc) is 2.84. The average molecular weight is 347 g/mol. The zero-order valence-corrected chi connectivity index (χ0v) is 14.5. The summed E-state index contributed by atoms with van der Waals surface area (Å²) >= 11 is 0. The topological polar surface area (TPSA) is 102 Å². The number of ether oxygens (including phenoxy) is 1. The summed E-state index contributed by atoms with van der Waals surface area (Å²) < 4.78 is 7.19. The molecule has 0 aliphatic carbocycles. The predicted molar refractivity (Wildman–Crippen MR) is 90.6 cm³/mol. The highest BCUT2D eigenvalue weighted by molar-refractivity contribution is 5.93. The van der Waals surface area contributed by atoms with Crippen LogP contribution in [0.15, 0.2) is 12.3 Å². The molecule has 1 fully saturated rings. The van der Waals surface area contributed by atoms with Gasteiger partial charge in [0, 0.05) is 18.9 Å². The van der Waals surface area contributed by atoms with Gasteiger partial charge in [-0.05, 0) is 39.5 Å². The van der Waals surface area contributed by atoms with Crippen LogP contribution in [-0.4, -0.2) is 45.1 Å². The second-order valence-electron chi connectivity index (χ2n) is 6.53. The van der Waals surface area contributed by atoms with Crippen LogP contribution >= 0.6 is 12.4 Å². The molecule has 0 spiro atoms. The van der Waals surface area contributed by atoms with Gasteiger partial charge in [-0.25, -0.2) is 0 Å². The van der Waals surface area contributed by atoms with Crippen LogP contribution in [0, 0.1) is 0 Å². The molecule has 0 bridgehead atoms. The Morgan fingerprint density at radius 3 is 2.96 bits per heavy atom. The molecule has 8 heteroatoms. The van der Waals surface area contributed by atoms with E-state index < -0.39 is 11.6 Å². The fourth-order valence-corrected chi connectivity index (χ4v) is 2.52. The van der Waals surface area contributed by atoms with Crippen LogP contribution in [-0.2, 0) is 16.1 Å². The van der Waals surface area contributed by atoms with E-state index in [9.17, 15) is 9.90 Å². The van der Waals surface area contributed by atoms with Crippen LogP contribution in [0.1, 0.15) is 39.5 Å². The van der Waals surface area contributed by atoms with Crippen molar-refractivity contribution < 1.29 is 14.6 Å². The second kappa shape index (κ2) is 8.63. The number of aromatic nitrogens is 2. The lowest BCUT2D eigenvalue weighted by molar-refractivity contribution is -0.118. The summed E-state index contributed by atoms with van der Waals surface area (Å²) in [5.74, 6) is 0.178. The third-order valence-corrected chi connectivity index (χ3v) is 3.57. The van der Waals surface area contributed by atoms with Crippen molar-refractivity contribution >= 4 is 24.1 Å². The van der Waals surface area contributed by atoms with Crippen molar-refractivity contribution in [3.63, 3.8) is 0 Å². The minimum absolute atomic E-state index is 0. The highest BCUT2D eigenvalue weighted by atomic mass is 35.5. The molecule has 1 amide bonds. The van der Waals surface area contributed by atoms with E-state index in [1.165, 1.54) is 0 Å². The Morgan fingerprint density at radius 2 is 2.35 bits per heavy atom. The number of aliphatic hydroxyl groups is 1. The number of hydrogen-bond donors (Lipinski definition) is 3. The highest BCUT2D eigenvalue weighted by Gasteiger charge is 2.22. The summed E-state index contributed by atoms with van der Waals surface area (Å²) in [6, 6.07) is 1.08. The standard InChI is InChI=1S/C15H26N4O3.ClH/c1-15(2,21)10-19-7-6-13(18-19)17-14(20)12(16)9-11-5-3-4-8-22-11;/h6-7,11-12,21H,3-5,8-10,16H2,1-2H3,(H,17,18,20);1H. The minimum Gasteiger partial charge on any atom is -0.389 e. The lowest BCUT2D eigenvalue weighted by Crippen LogP contribution is -2.39. The van der Waals surface area contributed by atoms with E-state index in [4.69, 9.17) is 10.5 Å². The van der Waals surface area contributed by atoms with Gasteiger partial charge in [0.2, 0.25) is 5.91 Å². The van der Waals surface area contributed by atoms with Crippen LogP contribution in [0.3, 0.4) is 0 Å². The number of carbonyl (C=O) groups excluding carboxylic acids is 1. The second-order valence-corrected chi connectivity index (χ2v) is 6.53. The van der Waals surface area contributed by atoms with Crippen LogP contribution in [0.2, 0.25) is 0 Å². The lowest BCUT2D eigenvalue weighted by atomic mass is 10.0. The molecule has 2 heterocycles. The molecule has 1 aliphatic heterocycles. The van der Waals surface area contributed by atoms with Gasteiger partial charge >= 0.3 is 0 Å². The van der Waals surface area contributed by atoms with Crippen LogP contribution in [0.4, 0.5) is 5.82 Å². The first-order chi connectivity index (χ1) is 10.3. The number of anilines is 1. The van der Waals surface area contributed by atoms with Gasteiger partial charge in [-0.15, -0.1) is 12.4 Å². The van der Waals surface area contributed by atoms with Gasteiger partial charge in [-0.2, -0.15) is 5.10 Å². The summed E-state index contributed by atoms with van der Waals surface area (Å²) in [4.78, 5) is 12.1. The molecule has 1 saturated heterocycles. The monoisotopic (exact) mass is 346 g/mol. The number of halogens is 1. The first-order valence-corrected chi connectivity index (χ1v) is 7.77. The zero-order chi connectivity index (χ0) is 16.2. The quantitative estimate of drug-likeness (QED) is 0.720. The molecular weight excluding hydrogens is 320 g/mol. The Morgan fingerprint density at radius 1 is 1.61 bits per heavy atom. The third kappa shape index (κ3) is 6.87. The fraction of sp³-hybridized carbons (Fsp3) is 0.733. The smallest absolute Gasteiger partial charge is 0.242 e. The molecule has 1 aromatic heterocycles. The Balaban J connectivity index is 0.00000264. The van der Waals surface area contributed by atoms with E-state index in [2.05, 4.69) is 10.4 Å². The third-order valence-electron chi connectivity index (χ3n) is 3.57. The van der Waals surface area contributed by atoms with E-state index in [-0.39, 0.29) is 24.4 Å². The molecular formula is C15H27ClN4O3. The molecule has 2 unspecified atom stereocenters. The normalized spacial score (nSPS) is 19.7. The largest absolute Gasteiger partial charge is 0.389 e. The first kappa shape index (κ1) is 19.9. The van der Waals surface area contributed by atoms with Crippen molar-refractivity contribution in [3.05, 3.63) is 12.3 Å². The maximum absolute atomic E-state index is 12.1. The molecule has 2 atom stereocenters. The number of amides is 1. The van der Waals surface area contributed by atoms with Crippen molar-refractivity contribution in [1.82, 2.24) is 9.78 Å². The highest BCUT2D eigenvalue weighted by Crippen LogP contribution is 2.17. The van der Waals surface area contributed by atoms with Crippen molar-refractivity contribution in [3.8, 4) is 0 Å². The van der Waals surface area contributed by atoms with Crippen molar-refractivity contribution in [2.75, 3.05) is 11.9 Å². The minimum atomic E-state index is -0.859. The van der Waals surface area contributed by atoms with Gasteiger partial charge < -0.3 is 20.9 Å². The van der Waals surface area contributed by atoms with E-state index in [0.29, 0.717) is 18.8 Å². The summed E-state index contributed by atoms with van der Waals surface area (Å²) in [5, 5.41) is 16.7. The first-order valence-electron chi connectivity index (χ1n) is 7.77. The van der Waals surface area contributed by atoms with Crippen LogP contribution < -0.4 is 11.1 Å². The molecule has 7 nitrogen and oxygen atoms in total. The number of hydrogen-bond acceptors (Lipinski definition) is 5. The van der Waals surface area contributed by atoms with Gasteiger partial charge in [0.25, 0.3) is 0 Å². The van der Waals surface area contributed by atoms with Crippen molar-refractivity contribution in [2.24, 2.45) is 5.73 Å². The molecule has 23 heavy (non-hydrogen) atoms. The summed E-state index contributed by atoms with van der Waals surface area (Å²) in [6.45, 7) is 4.51. The molecule has 132 valence electrons. The molecule has 1 aliphatic rings. The van der Waals surface area contributed by atoms with Gasteiger partial charge in [-0.1, -0.05) is 0 Å². The zero-order valence-electron chi connectivity index (χ0n) is 13.7. The van der Waals surface area contributed by atoms with E-state index in [0.717, 1.165) is 25.9 Å². The lowest BCUT2D eigenvalue weighted by Gasteiger charge is -2.24. The Bertz CT molecular complexity index is 495. The van der Waals surface area contributed by atoms with Crippen molar-refractivity contribution in [2.45, 2.75) is 63.8 Å². The number of nitrogens with one attached hydrogen (secondary N) is 1. The van der Waals surface area contributed by atoms with Gasteiger partial charge in [0.05, 0.1) is 24.3 Å². The molecule has 0 saturated carbocycles. The number of rotatable bonds is 6. The Labute approximate surface area is 143 Å². The molecule has 0 aromatic carbocycles. The van der Waals surface area contributed by atoms with Crippen LogP contribution in [0.5, 0.6) is 0 Å². The Hall–Kier alpha value is -1.15. The Kier molecular flexibility index (Phi) is 7.47.